The molecule has 0 saturated heterocycles. The largest absolute Gasteiger partial charge is 0.530 e. The average molecular weight is 1080 g/mol. The van der Waals surface area contributed by atoms with Gasteiger partial charge in [-0.3, -0.25) is 0 Å². The molecular weight excluding hydrogens is 999 g/mol. The van der Waals surface area contributed by atoms with Gasteiger partial charge >= 0.3 is 28.8 Å². The van der Waals surface area contributed by atoms with E-state index in [1.807, 2.05) is 48.5 Å². The minimum atomic E-state index is -2.06. The van der Waals surface area contributed by atoms with Gasteiger partial charge in [0.15, 0.2) is 0 Å². The molecule has 0 atom stereocenters. The smallest absolute Gasteiger partial charge is 0.408 e. The molecule has 8 nitrogen and oxygen atoms in total. The van der Waals surface area contributed by atoms with Crippen LogP contribution in [0.3, 0.4) is 0 Å². The Kier molecular flexibility index (Phi) is 20.2. The van der Waals surface area contributed by atoms with Crippen molar-refractivity contribution in [1.82, 2.24) is 0 Å². The zero-order valence-corrected chi connectivity index (χ0v) is 50.5. The first-order valence-electron chi connectivity index (χ1n) is 25.5. The van der Waals surface area contributed by atoms with Gasteiger partial charge in [-0.1, -0.05) is 221 Å². The second-order valence-electron chi connectivity index (χ2n) is 23.9. The summed E-state index contributed by atoms with van der Waals surface area (Å²) in [5.74, 6) is 4.15. The van der Waals surface area contributed by atoms with Gasteiger partial charge in [0.25, 0.3) is 0 Å². The number of para-hydroxylation sites is 4. The van der Waals surface area contributed by atoms with Gasteiger partial charge in [-0.15, -0.1) is 0 Å². The second kappa shape index (κ2) is 24.9. The van der Waals surface area contributed by atoms with E-state index in [0.717, 1.165) is 67.9 Å². The van der Waals surface area contributed by atoms with Crippen LogP contribution in [0.2, 0.25) is 0 Å². The Labute approximate surface area is 454 Å². The molecule has 0 aromatic heterocycles. The lowest BCUT2D eigenvalue weighted by Gasteiger charge is -2.29. The lowest BCUT2D eigenvalue weighted by Crippen LogP contribution is -2.16. The summed E-state index contributed by atoms with van der Waals surface area (Å²) in [4.78, 5) is 1.80. The van der Waals surface area contributed by atoms with Gasteiger partial charge in [0, 0.05) is 22.3 Å². The molecule has 0 N–H and O–H groups in total. The summed E-state index contributed by atoms with van der Waals surface area (Å²) in [6.07, 6.45) is 1.89. The van der Waals surface area contributed by atoms with Crippen LogP contribution in [-0.2, 0) is 44.1 Å². The van der Waals surface area contributed by atoms with Gasteiger partial charge in [-0.05, 0) is 105 Å². The van der Waals surface area contributed by atoms with Crippen LogP contribution >= 0.6 is 29.0 Å². The van der Waals surface area contributed by atoms with E-state index in [0.29, 0.717) is 11.5 Å². The van der Waals surface area contributed by atoms with Gasteiger partial charge in [0.1, 0.15) is 34.5 Å². The summed E-state index contributed by atoms with van der Waals surface area (Å²) in [5, 5.41) is 0. The molecule has 0 aliphatic rings. The van der Waals surface area contributed by atoms with E-state index in [9.17, 15) is 0 Å². The van der Waals surface area contributed by atoms with Crippen LogP contribution < -0.4 is 27.1 Å². The van der Waals surface area contributed by atoms with Crippen LogP contribution in [0, 0.1) is 0 Å². The van der Waals surface area contributed by atoms with E-state index in [2.05, 4.69) is 210 Å². The summed E-state index contributed by atoms with van der Waals surface area (Å²) in [5.41, 5.74) is 5.61. The third kappa shape index (κ3) is 16.1. The SMILES string of the molecule is CCC(C)(C)c1ccc(OP(Oc2ccccc2C(C)(C)C)Oc2ccccc2C(C)(C)C)c(Sc2cc(C(C)(C)CC)ccc2OP(Oc2ccccc2C(C)(C)C)Oc2ccccc2C(C)(C)C)c1.O=S=O. The molecule has 6 aromatic carbocycles. The average Bonchev–Trinajstić information content (AvgIpc) is 3.32. The van der Waals surface area contributed by atoms with E-state index in [1.54, 1.807) is 11.8 Å². The highest BCUT2D eigenvalue weighted by Gasteiger charge is 2.33. The summed E-state index contributed by atoms with van der Waals surface area (Å²) < 4.78 is 58.8. The van der Waals surface area contributed by atoms with Crippen LogP contribution in [0.15, 0.2) is 143 Å². The van der Waals surface area contributed by atoms with E-state index in [1.165, 1.54) is 11.1 Å². The van der Waals surface area contributed by atoms with Gasteiger partial charge in [-0.2, -0.15) is 8.42 Å². The molecule has 0 aliphatic carbocycles. The first kappa shape index (κ1) is 60.0. The molecule has 0 saturated carbocycles. The van der Waals surface area contributed by atoms with Crippen molar-refractivity contribution in [2.45, 2.75) is 180 Å². The van der Waals surface area contributed by atoms with Crippen LogP contribution in [0.1, 0.15) is 171 Å². The van der Waals surface area contributed by atoms with Gasteiger partial charge in [-0.25, -0.2) is 0 Å². The lowest BCUT2D eigenvalue weighted by atomic mass is 9.82. The minimum absolute atomic E-state index is 0.120. The first-order valence-corrected chi connectivity index (χ1v) is 29.1. The Bertz CT molecular complexity index is 2540. The molecule has 0 bridgehead atoms. The van der Waals surface area contributed by atoms with Crippen molar-refractivity contribution in [2.24, 2.45) is 0 Å². The van der Waals surface area contributed by atoms with Gasteiger partial charge in [0.2, 0.25) is 0 Å². The molecular formula is C62H80O8P2S2. The van der Waals surface area contributed by atoms with Crippen LogP contribution in [0.25, 0.3) is 0 Å². The maximum absolute atomic E-state index is 8.29. The Hall–Kier alpha value is -4.85. The highest BCUT2D eigenvalue weighted by atomic mass is 32.2. The van der Waals surface area contributed by atoms with Crippen molar-refractivity contribution in [2.75, 3.05) is 0 Å². The van der Waals surface area contributed by atoms with E-state index in [-0.39, 0.29) is 32.5 Å². The topological polar surface area (TPSA) is 89.5 Å². The second-order valence-corrected chi connectivity index (χ2v) is 27.2. The number of rotatable bonds is 18. The third-order valence-corrected chi connectivity index (χ3v) is 16.4. The maximum Gasteiger partial charge on any atom is 0.530 e. The molecule has 398 valence electrons. The molecule has 0 heterocycles. The van der Waals surface area contributed by atoms with Crippen LogP contribution in [-0.4, -0.2) is 8.42 Å². The fourth-order valence-corrected chi connectivity index (χ4v) is 11.2. The molecule has 0 fully saturated rings. The Morgan fingerprint density at radius 3 is 0.811 bits per heavy atom. The molecule has 0 spiro atoms. The Morgan fingerprint density at radius 2 is 0.581 bits per heavy atom. The number of benzene rings is 6. The minimum Gasteiger partial charge on any atom is -0.408 e. The standard InChI is InChI=1S/C62H80O6P2S.O2S/c1-19-61(15,16)43-37-39-53(67-69(63-49-33-25-21-29-45(49)57(3,4)5)64-50-34-26-22-30-46(50)58(6,7)8)55(41-43)71-56-42-44(62(17,18)20-2)38-40-54(56)68-70(65-51-35-27-23-31-47(51)59(9,10)11)66-52-36-28-24-32-48(52)60(12,13)14;1-3-2/h21-42H,19-20H2,1-18H3;. The monoisotopic (exact) mass is 1080 g/mol. The highest BCUT2D eigenvalue weighted by molar-refractivity contribution is 7.99. The van der Waals surface area contributed by atoms with Crippen LogP contribution in [0.5, 0.6) is 34.5 Å². The van der Waals surface area contributed by atoms with Crippen molar-refractivity contribution in [1.29, 1.82) is 0 Å². The fraction of sp³-hybridized carbons (Fsp3) is 0.419. The zero-order chi connectivity index (χ0) is 54.9. The Balaban J connectivity index is 0.00000330. The van der Waals surface area contributed by atoms with Crippen molar-refractivity contribution in [3.63, 3.8) is 0 Å². The van der Waals surface area contributed by atoms with Crippen molar-refractivity contribution < 1.29 is 35.6 Å². The summed E-state index contributed by atoms with van der Waals surface area (Å²) >= 11 is 0.860. The fourth-order valence-electron chi connectivity index (χ4n) is 7.95. The van der Waals surface area contributed by atoms with Gasteiger partial charge in [0.05, 0.1) is 9.79 Å². The summed E-state index contributed by atoms with van der Waals surface area (Å²) in [6, 6.07) is 45.8. The van der Waals surface area contributed by atoms with E-state index < -0.39 is 28.8 Å². The molecule has 6 rings (SSSR count). The Morgan fingerprint density at radius 1 is 0.351 bits per heavy atom. The predicted molar refractivity (Wildman–Crippen MR) is 311 cm³/mol. The molecule has 0 radical (unpaired) electrons. The highest BCUT2D eigenvalue weighted by Crippen LogP contribution is 2.54. The van der Waals surface area contributed by atoms with Crippen molar-refractivity contribution >= 4 is 40.5 Å². The first-order chi connectivity index (χ1) is 34.5. The zero-order valence-electron chi connectivity index (χ0n) is 47.1. The normalized spacial score (nSPS) is 12.4. The van der Waals surface area contributed by atoms with E-state index >= 15 is 0 Å². The van der Waals surface area contributed by atoms with E-state index in [4.69, 9.17) is 35.6 Å². The number of hydrogen-bond acceptors (Lipinski definition) is 9. The third-order valence-electron chi connectivity index (χ3n) is 13.3. The van der Waals surface area contributed by atoms with Crippen molar-refractivity contribution in [3.05, 3.63) is 167 Å². The van der Waals surface area contributed by atoms with Gasteiger partial charge < -0.3 is 27.1 Å². The van der Waals surface area contributed by atoms with Crippen LogP contribution in [0.4, 0.5) is 0 Å². The predicted octanol–water partition coefficient (Wildman–Crippen LogP) is 19.3. The number of hydrogen-bond donors (Lipinski definition) is 0. The molecule has 0 amide bonds. The summed E-state index contributed by atoms with van der Waals surface area (Å²) in [6.45, 7) is 39.9. The molecule has 74 heavy (non-hydrogen) atoms. The summed E-state index contributed by atoms with van der Waals surface area (Å²) in [7, 11) is -4.12. The molecule has 12 heteroatoms. The maximum atomic E-state index is 8.29. The molecule has 0 unspecified atom stereocenters. The quantitative estimate of drug-likeness (QED) is 0.0781. The van der Waals surface area contributed by atoms with Crippen molar-refractivity contribution in [3.8, 4) is 34.5 Å². The molecule has 0 aliphatic heterocycles. The molecule has 6 aromatic rings. The lowest BCUT2D eigenvalue weighted by molar-refractivity contribution is 0.373.